The van der Waals surface area contributed by atoms with E-state index in [4.69, 9.17) is 0 Å². The molecule has 0 radical (unpaired) electrons. The Labute approximate surface area is 274 Å². The molecule has 9 rings (SSSR count). The summed E-state index contributed by atoms with van der Waals surface area (Å²) in [6, 6.07) is 33.8. The van der Waals surface area contributed by atoms with Crippen LogP contribution in [0.4, 0.5) is 0 Å². The number of hydrogen-bond donors (Lipinski definition) is 0. The lowest BCUT2D eigenvalue weighted by Gasteiger charge is -2.23. The van der Waals surface area contributed by atoms with E-state index in [-0.39, 0.29) is 5.41 Å². The summed E-state index contributed by atoms with van der Waals surface area (Å²) in [6.07, 6.45) is 18.0. The number of nitrogens with zero attached hydrogens (tertiary/aromatic N) is 1. The van der Waals surface area contributed by atoms with Crippen LogP contribution in [-0.2, 0) is 5.41 Å². The summed E-state index contributed by atoms with van der Waals surface area (Å²) >= 11 is 1.96. The minimum absolute atomic E-state index is 0.0234. The zero-order valence-corrected chi connectivity index (χ0v) is 27.1. The Balaban J connectivity index is 1.11. The van der Waals surface area contributed by atoms with Crippen molar-refractivity contribution >= 4 is 51.0 Å². The summed E-state index contributed by atoms with van der Waals surface area (Å²) in [5.74, 6) is 0. The van der Waals surface area contributed by atoms with E-state index >= 15 is 0 Å². The second kappa shape index (κ2) is 10.7. The highest BCUT2D eigenvalue weighted by Crippen LogP contribution is 2.49. The Morgan fingerprint density at radius 1 is 0.652 bits per heavy atom. The largest absolute Gasteiger partial charge is 0.264 e. The Morgan fingerprint density at radius 3 is 2.30 bits per heavy atom. The van der Waals surface area contributed by atoms with Gasteiger partial charge in [0.15, 0.2) is 0 Å². The van der Waals surface area contributed by atoms with Gasteiger partial charge in [-0.25, -0.2) is 0 Å². The standard InChI is InChI=1S/C44H35NS/c1-44(2)40-14-8-7-11-34(40)35-22-19-31(26-41(35)44)29-17-20-33(21-18-29)46-43-37-13-6-5-12-36(37)42(39-27-45-24-23-38(39)43)32-16-15-28-9-3-4-10-30(28)25-32/h3-4,7-17,19-20,22-27H,5-6,18,21H2,1-2H3. The molecule has 0 spiro atoms. The van der Waals surface area contributed by atoms with Crippen LogP contribution in [0.3, 0.4) is 0 Å². The lowest BCUT2D eigenvalue weighted by atomic mass is 9.81. The number of thioether (sulfide) groups is 1. The number of benzene rings is 5. The maximum atomic E-state index is 4.63. The fourth-order valence-electron chi connectivity index (χ4n) is 7.95. The van der Waals surface area contributed by atoms with E-state index in [2.05, 4.69) is 140 Å². The number of fused-ring (bicyclic) bond motifs is 6. The molecule has 3 aliphatic carbocycles. The number of aromatic nitrogens is 1. The molecule has 1 nitrogen and oxygen atoms in total. The third-order valence-electron chi connectivity index (χ3n) is 10.3. The lowest BCUT2D eigenvalue weighted by Crippen LogP contribution is -2.31. The van der Waals surface area contributed by atoms with Crippen LogP contribution in [-0.4, -0.2) is 4.98 Å². The molecule has 0 N–H and O–H groups in total. The molecule has 0 unspecified atom stereocenters. The van der Waals surface area contributed by atoms with Crippen LogP contribution < -0.4 is 10.4 Å². The second-order valence-corrected chi connectivity index (χ2v) is 14.5. The molecular formula is C44H35NS. The van der Waals surface area contributed by atoms with Crippen molar-refractivity contribution in [2.45, 2.75) is 49.8 Å². The molecule has 2 heteroatoms. The maximum absolute atomic E-state index is 4.63. The van der Waals surface area contributed by atoms with Crippen LogP contribution in [0, 0.1) is 0 Å². The maximum Gasteiger partial charge on any atom is 0.0353 e. The van der Waals surface area contributed by atoms with E-state index in [9.17, 15) is 0 Å². The first-order valence-corrected chi connectivity index (χ1v) is 17.3. The van der Waals surface area contributed by atoms with Gasteiger partial charge in [0.2, 0.25) is 0 Å². The van der Waals surface area contributed by atoms with Gasteiger partial charge >= 0.3 is 0 Å². The van der Waals surface area contributed by atoms with Crippen molar-refractivity contribution in [3.63, 3.8) is 0 Å². The van der Waals surface area contributed by atoms with E-state index in [1.54, 1.807) is 0 Å². The van der Waals surface area contributed by atoms with E-state index in [0.717, 1.165) is 25.7 Å². The topological polar surface area (TPSA) is 12.9 Å². The van der Waals surface area contributed by atoms with Crippen LogP contribution in [0.5, 0.6) is 0 Å². The fourth-order valence-corrected chi connectivity index (χ4v) is 9.15. The molecule has 0 fully saturated rings. The fraction of sp³-hybridized carbons (Fsp3) is 0.159. The van der Waals surface area contributed by atoms with Crippen LogP contribution in [0.1, 0.15) is 56.2 Å². The zero-order valence-electron chi connectivity index (χ0n) is 26.3. The van der Waals surface area contributed by atoms with Crippen molar-refractivity contribution in [3.05, 3.63) is 148 Å². The number of pyridine rings is 1. The molecule has 0 saturated heterocycles. The first-order valence-electron chi connectivity index (χ1n) is 16.5. The van der Waals surface area contributed by atoms with Crippen LogP contribution >= 0.6 is 11.8 Å². The predicted octanol–water partition coefficient (Wildman–Crippen LogP) is 10.6. The summed E-state index contributed by atoms with van der Waals surface area (Å²) in [5.41, 5.74) is 11.0. The normalized spacial score (nSPS) is 16.1. The molecule has 46 heavy (non-hydrogen) atoms. The van der Waals surface area contributed by atoms with E-state index in [1.807, 2.05) is 18.0 Å². The second-order valence-electron chi connectivity index (χ2n) is 13.4. The number of rotatable bonds is 4. The minimum Gasteiger partial charge on any atom is -0.264 e. The highest BCUT2D eigenvalue weighted by molar-refractivity contribution is 8.03. The minimum atomic E-state index is 0.0234. The third kappa shape index (κ3) is 4.35. The quantitative estimate of drug-likeness (QED) is 0.197. The van der Waals surface area contributed by atoms with Gasteiger partial charge in [0.05, 0.1) is 0 Å². The smallest absolute Gasteiger partial charge is 0.0353 e. The predicted molar refractivity (Wildman–Crippen MR) is 197 cm³/mol. The molecule has 1 heterocycles. The molecule has 5 aromatic carbocycles. The molecule has 222 valence electrons. The van der Waals surface area contributed by atoms with Gasteiger partial charge in [-0.15, -0.1) is 0 Å². The van der Waals surface area contributed by atoms with Crippen LogP contribution in [0.2, 0.25) is 0 Å². The van der Waals surface area contributed by atoms with E-state index < -0.39 is 0 Å². The monoisotopic (exact) mass is 609 g/mol. The zero-order chi connectivity index (χ0) is 30.8. The third-order valence-corrected chi connectivity index (χ3v) is 11.6. The Morgan fingerprint density at radius 2 is 1.43 bits per heavy atom. The summed E-state index contributed by atoms with van der Waals surface area (Å²) in [4.78, 5) is 7.43. The van der Waals surface area contributed by atoms with Crippen LogP contribution in [0.25, 0.3) is 61.5 Å². The van der Waals surface area contributed by atoms with Gasteiger partial charge in [-0.3, -0.25) is 4.98 Å². The van der Waals surface area contributed by atoms with Gasteiger partial charge in [-0.05, 0) is 120 Å². The molecule has 0 atom stereocenters. The van der Waals surface area contributed by atoms with Gasteiger partial charge < -0.3 is 0 Å². The highest BCUT2D eigenvalue weighted by atomic mass is 32.2. The molecule has 1 aromatic heterocycles. The van der Waals surface area contributed by atoms with Crippen molar-refractivity contribution in [3.8, 4) is 22.3 Å². The summed E-state index contributed by atoms with van der Waals surface area (Å²) in [5, 5.41) is 7.82. The average Bonchev–Trinajstić information content (AvgIpc) is 3.34. The van der Waals surface area contributed by atoms with Crippen molar-refractivity contribution in [2.24, 2.45) is 0 Å². The summed E-state index contributed by atoms with van der Waals surface area (Å²) < 4.78 is 0. The van der Waals surface area contributed by atoms with Gasteiger partial charge in [-0.2, -0.15) is 0 Å². The highest BCUT2D eigenvalue weighted by Gasteiger charge is 2.35. The summed E-state index contributed by atoms with van der Waals surface area (Å²) in [6.45, 7) is 4.73. The molecule has 3 aliphatic rings. The molecular weight excluding hydrogens is 575 g/mol. The van der Waals surface area contributed by atoms with Crippen molar-refractivity contribution in [2.75, 3.05) is 0 Å². The molecule has 0 saturated carbocycles. The molecule has 6 aromatic rings. The van der Waals surface area contributed by atoms with Gasteiger partial charge in [0.1, 0.15) is 0 Å². The van der Waals surface area contributed by atoms with E-state index in [0.29, 0.717) is 0 Å². The lowest BCUT2D eigenvalue weighted by molar-refractivity contribution is 0.660. The molecule has 0 amide bonds. The first-order chi connectivity index (χ1) is 22.6. The summed E-state index contributed by atoms with van der Waals surface area (Å²) in [7, 11) is 0. The molecule has 0 bridgehead atoms. The van der Waals surface area contributed by atoms with Crippen molar-refractivity contribution < 1.29 is 0 Å². The number of hydrogen-bond acceptors (Lipinski definition) is 2. The Bertz CT molecular complexity index is 2420. The Kier molecular flexibility index (Phi) is 6.44. The van der Waals surface area contributed by atoms with Gasteiger partial charge in [0, 0.05) is 28.1 Å². The average molecular weight is 610 g/mol. The van der Waals surface area contributed by atoms with Gasteiger partial charge in [-0.1, -0.05) is 123 Å². The van der Waals surface area contributed by atoms with Crippen molar-refractivity contribution in [1.82, 2.24) is 4.98 Å². The van der Waals surface area contributed by atoms with Gasteiger partial charge in [0.25, 0.3) is 0 Å². The first kappa shape index (κ1) is 27.6. The SMILES string of the molecule is CC1(C)c2ccccc2-c2ccc(C3=CC=C(Sc4c5c(c(-c6ccc7ccccc7c6)c6cnccc46)=CCCC=5)CC3)cc21. The van der Waals surface area contributed by atoms with Crippen molar-refractivity contribution in [1.29, 1.82) is 0 Å². The number of allylic oxidation sites excluding steroid dienone is 4. The van der Waals surface area contributed by atoms with Crippen LogP contribution in [0.15, 0.2) is 125 Å². The van der Waals surface area contributed by atoms with E-state index in [1.165, 1.54) is 86.3 Å². The molecule has 0 aliphatic heterocycles. The Hall–Kier alpha value is -4.66.